The molecule has 0 spiro atoms. The molecule has 0 unspecified atom stereocenters. The standard InChI is InChI=1S/C11H18O4/c1-9(6-8-15-11(3)13)5-4-7-14-10(2)12/h1,4-8H2,2-3H3. The largest absolute Gasteiger partial charge is 0.466 e. The van der Waals surface area contributed by atoms with Crippen LogP contribution >= 0.6 is 0 Å². The molecule has 0 aliphatic heterocycles. The number of rotatable bonds is 7. The second-order valence-corrected chi connectivity index (χ2v) is 3.28. The van der Waals surface area contributed by atoms with Crippen LogP contribution in [0.25, 0.3) is 0 Å². The van der Waals surface area contributed by atoms with Crippen LogP contribution in [-0.2, 0) is 19.1 Å². The quantitative estimate of drug-likeness (QED) is 0.368. The number of esters is 2. The summed E-state index contributed by atoms with van der Waals surface area (Å²) in [6, 6.07) is 0. The summed E-state index contributed by atoms with van der Waals surface area (Å²) in [6.45, 7) is 7.39. The van der Waals surface area contributed by atoms with Gasteiger partial charge in [0.1, 0.15) is 0 Å². The molecule has 15 heavy (non-hydrogen) atoms. The number of carbonyl (C=O) groups is 2. The Labute approximate surface area is 90.2 Å². The van der Waals surface area contributed by atoms with Crippen molar-refractivity contribution in [3.05, 3.63) is 12.2 Å². The van der Waals surface area contributed by atoms with Crippen molar-refractivity contribution in [2.24, 2.45) is 0 Å². The molecule has 0 aliphatic carbocycles. The van der Waals surface area contributed by atoms with E-state index in [1.54, 1.807) is 0 Å². The van der Waals surface area contributed by atoms with Crippen molar-refractivity contribution in [2.45, 2.75) is 33.1 Å². The van der Waals surface area contributed by atoms with Gasteiger partial charge in [-0.15, -0.1) is 0 Å². The van der Waals surface area contributed by atoms with Crippen LogP contribution < -0.4 is 0 Å². The molecule has 0 saturated carbocycles. The fourth-order valence-corrected chi connectivity index (χ4v) is 1.00. The monoisotopic (exact) mass is 214 g/mol. The van der Waals surface area contributed by atoms with E-state index in [1.807, 2.05) is 0 Å². The minimum atomic E-state index is -0.275. The van der Waals surface area contributed by atoms with E-state index in [0.29, 0.717) is 19.6 Å². The molecule has 0 aromatic rings. The summed E-state index contributed by atoms with van der Waals surface area (Å²) >= 11 is 0. The van der Waals surface area contributed by atoms with Crippen molar-refractivity contribution in [3.8, 4) is 0 Å². The number of hydrogen-bond donors (Lipinski definition) is 0. The molecular formula is C11H18O4. The van der Waals surface area contributed by atoms with E-state index >= 15 is 0 Å². The zero-order chi connectivity index (χ0) is 11.7. The van der Waals surface area contributed by atoms with Gasteiger partial charge >= 0.3 is 11.9 Å². The highest BCUT2D eigenvalue weighted by Gasteiger charge is 1.98. The Morgan fingerprint density at radius 3 is 2.07 bits per heavy atom. The van der Waals surface area contributed by atoms with Crippen molar-refractivity contribution in [3.63, 3.8) is 0 Å². The molecular weight excluding hydrogens is 196 g/mol. The molecule has 0 radical (unpaired) electrons. The fraction of sp³-hybridized carbons (Fsp3) is 0.636. The van der Waals surface area contributed by atoms with E-state index < -0.39 is 0 Å². The van der Waals surface area contributed by atoms with Gasteiger partial charge in [0.25, 0.3) is 0 Å². The predicted octanol–water partition coefficient (Wildman–Crippen LogP) is 1.84. The first-order valence-electron chi connectivity index (χ1n) is 4.95. The molecule has 0 atom stereocenters. The summed E-state index contributed by atoms with van der Waals surface area (Å²) < 4.78 is 9.54. The van der Waals surface area contributed by atoms with Crippen LogP contribution in [0.3, 0.4) is 0 Å². The van der Waals surface area contributed by atoms with Crippen LogP contribution in [0.1, 0.15) is 33.1 Å². The molecule has 0 N–H and O–H groups in total. The average molecular weight is 214 g/mol. The molecule has 4 heteroatoms. The molecule has 4 nitrogen and oxygen atoms in total. The first-order valence-corrected chi connectivity index (χ1v) is 4.95. The van der Waals surface area contributed by atoms with Gasteiger partial charge in [-0.2, -0.15) is 0 Å². The summed E-state index contributed by atoms with van der Waals surface area (Å²) in [6.07, 6.45) is 2.21. The summed E-state index contributed by atoms with van der Waals surface area (Å²) in [5, 5.41) is 0. The fourth-order valence-electron chi connectivity index (χ4n) is 1.00. The number of carbonyl (C=O) groups excluding carboxylic acids is 2. The Morgan fingerprint density at radius 2 is 1.53 bits per heavy atom. The van der Waals surface area contributed by atoms with Gasteiger partial charge < -0.3 is 9.47 Å². The van der Waals surface area contributed by atoms with Crippen LogP contribution in [0.15, 0.2) is 12.2 Å². The summed E-state index contributed by atoms with van der Waals surface area (Å²) in [7, 11) is 0. The lowest BCUT2D eigenvalue weighted by molar-refractivity contribution is -0.142. The van der Waals surface area contributed by atoms with Gasteiger partial charge in [0.05, 0.1) is 13.2 Å². The third-order valence-electron chi connectivity index (χ3n) is 1.74. The van der Waals surface area contributed by atoms with Crippen LogP contribution in [0.5, 0.6) is 0 Å². The highest BCUT2D eigenvalue weighted by atomic mass is 16.5. The van der Waals surface area contributed by atoms with E-state index in [-0.39, 0.29) is 11.9 Å². The summed E-state index contributed by atoms with van der Waals surface area (Å²) in [5.74, 6) is -0.539. The first kappa shape index (κ1) is 13.7. The van der Waals surface area contributed by atoms with Crippen molar-refractivity contribution in [1.82, 2.24) is 0 Å². The Morgan fingerprint density at radius 1 is 1.00 bits per heavy atom. The number of ether oxygens (including phenoxy) is 2. The maximum atomic E-state index is 10.5. The normalized spacial score (nSPS) is 9.47. The summed E-state index contributed by atoms with van der Waals surface area (Å²) in [4.78, 5) is 20.9. The molecule has 0 rings (SSSR count). The van der Waals surface area contributed by atoms with Gasteiger partial charge in [-0.1, -0.05) is 12.2 Å². The highest BCUT2D eigenvalue weighted by Crippen LogP contribution is 2.07. The van der Waals surface area contributed by atoms with Gasteiger partial charge in [-0.05, 0) is 12.8 Å². The van der Waals surface area contributed by atoms with Gasteiger partial charge in [0, 0.05) is 20.3 Å². The lowest BCUT2D eigenvalue weighted by atomic mass is 10.1. The van der Waals surface area contributed by atoms with Crippen LogP contribution in [0.4, 0.5) is 0 Å². The average Bonchev–Trinajstić information content (AvgIpc) is 2.11. The second-order valence-electron chi connectivity index (χ2n) is 3.28. The molecule has 0 saturated heterocycles. The molecule has 0 fully saturated rings. The number of hydrogen-bond acceptors (Lipinski definition) is 4. The van der Waals surface area contributed by atoms with Gasteiger partial charge in [-0.3, -0.25) is 9.59 Å². The summed E-state index contributed by atoms with van der Waals surface area (Å²) in [5.41, 5.74) is 1.00. The lowest BCUT2D eigenvalue weighted by Gasteiger charge is -2.06. The smallest absolute Gasteiger partial charge is 0.302 e. The van der Waals surface area contributed by atoms with Crippen molar-refractivity contribution in [2.75, 3.05) is 13.2 Å². The zero-order valence-electron chi connectivity index (χ0n) is 9.38. The zero-order valence-corrected chi connectivity index (χ0v) is 9.38. The topological polar surface area (TPSA) is 52.6 Å². The minimum absolute atomic E-state index is 0.263. The van der Waals surface area contributed by atoms with Crippen molar-refractivity contribution < 1.29 is 19.1 Å². The Kier molecular flexibility index (Phi) is 7.32. The van der Waals surface area contributed by atoms with Crippen molar-refractivity contribution >= 4 is 11.9 Å². The Bertz CT molecular complexity index is 233. The molecule has 0 aromatic carbocycles. The third kappa shape index (κ3) is 10.6. The SMILES string of the molecule is C=C(CCCOC(C)=O)CCOC(C)=O. The molecule has 0 bridgehead atoms. The van der Waals surface area contributed by atoms with E-state index in [0.717, 1.165) is 18.4 Å². The van der Waals surface area contributed by atoms with Gasteiger partial charge in [-0.25, -0.2) is 0 Å². The van der Waals surface area contributed by atoms with E-state index in [4.69, 9.17) is 9.47 Å². The molecule has 0 aliphatic rings. The van der Waals surface area contributed by atoms with Gasteiger partial charge in [0.2, 0.25) is 0 Å². The first-order chi connectivity index (χ1) is 7.02. The molecule has 86 valence electrons. The molecule has 0 heterocycles. The van der Waals surface area contributed by atoms with E-state index in [9.17, 15) is 9.59 Å². The molecule has 0 aromatic heterocycles. The van der Waals surface area contributed by atoms with Crippen molar-refractivity contribution in [1.29, 1.82) is 0 Å². The van der Waals surface area contributed by atoms with E-state index in [2.05, 4.69) is 6.58 Å². The predicted molar refractivity (Wildman–Crippen MR) is 56.3 cm³/mol. The maximum absolute atomic E-state index is 10.5. The molecule has 0 amide bonds. The van der Waals surface area contributed by atoms with E-state index in [1.165, 1.54) is 13.8 Å². The third-order valence-corrected chi connectivity index (χ3v) is 1.74. The lowest BCUT2D eigenvalue weighted by Crippen LogP contribution is -2.03. The second kappa shape index (κ2) is 8.03. The Balaban J connectivity index is 3.33. The van der Waals surface area contributed by atoms with Crippen LogP contribution in [0.2, 0.25) is 0 Å². The maximum Gasteiger partial charge on any atom is 0.302 e. The highest BCUT2D eigenvalue weighted by molar-refractivity contribution is 5.66. The van der Waals surface area contributed by atoms with Gasteiger partial charge in [0.15, 0.2) is 0 Å². The van der Waals surface area contributed by atoms with Crippen LogP contribution in [-0.4, -0.2) is 25.2 Å². The van der Waals surface area contributed by atoms with Crippen LogP contribution in [0, 0.1) is 0 Å². The minimum Gasteiger partial charge on any atom is -0.466 e. The Hall–Kier alpha value is -1.32.